The molecule has 0 bridgehead atoms. The number of nitrogens with zero attached hydrogens (tertiary/aromatic N) is 1. The number of nitrogens with one attached hydrogen (secondary N) is 1. The number of rotatable bonds is 4. The van der Waals surface area contributed by atoms with Gasteiger partial charge in [0.1, 0.15) is 5.82 Å². The van der Waals surface area contributed by atoms with Crippen molar-refractivity contribution in [3.8, 4) is 0 Å². The van der Waals surface area contributed by atoms with E-state index in [0.29, 0.717) is 23.6 Å². The maximum Gasteiger partial charge on any atom is 0.264 e. The number of fused-ring (bicyclic) bond motifs is 2. The molecule has 162 valence electrons. The van der Waals surface area contributed by atoms with Gasteiger partial charge in [0.15, 0.2) is 0 Å². The van der Waals surface area contributed by atoms with Crippen LogP contribution in [0.2, 0.25) is 0 Å². The van der Waals surface area contributed by atoms with Gasteiger partial charge >= 0.3 is 0 Å². The Balaban J connectivity index is 0.000000176. The van der Waals surface area contributed by atoms with E-state index in [0.717, 1.165) is 16.9 Å². The van der Waals surface area contributed by atoms with Crippen LogP contribution in [0.4, 0.5) is 4.39 Å². The molecule has 6 nitrogen and oxygen atoms in total. The first-order valence-corrected chi connectivity index (χ1v) is 10.2. The summed E-state index contributed by atoms with van der Waals surface area (Å²) in [5.74, 6) is -1.43. The monoisotopic (exact) mass is 424 g/mol. The van der Waals surface area contributed by atoms with Gasteiger partial charge in [-0.3, -0.25) is 29.4 Å². The standard InChI is InChI=1S/C12H12FNO2.C12H13NO2/c1-7(2)6-14-11(15)8-4-3-5-9(13)10(8)12(14)16;1-7(2)6-8-4-3-5-9-10(8)12(15)13-11(9)14/h3-5,7H,6H2,1-2H3;3-5,7H,6H2,1-2H3,(H,13,14,15). The average molecular weight is 424 g/mol. The van der Waals surface area contributed by atoms with E-state index in [4.69, 9.17) is 0 Å². The highest BCUT2D eigenvalue weighted by Gasteiger charge is 2.37. The number of carbonyl (C=O) groups excluding carboxylic acids is 4. The highest BCUT2D eigenvalue weighted by molar-refractivity contribution is 6.22. The lowest BCUT2D eigenvalue weighted by Gasteiger charge is -2.15. The summed E-state index contributed by atoms with van der Waals surface area (Å²) in [7, 11) is 0. The summed E-state index contributed by atoms with van der Waals surface area (Å²) < 4.78 is 13.4. The minimum Gasteiger partial charge on any atom is -0.288 e. The molecule has 0 fully saturated rings. The predicted molar refractivity (Wildman–Crippen MR) is 113 cm³/mol. The molecule has 2 aliphatic rings. The van der Waals surface area contributed by atoms with E-state index >= 15 is 0 Å². The van der Waals surface area contributed by atoms with Crippen LogP contribution in [0.25, 0.3) is 0 Å². The topological polar surface area (TPSA) is 83.6 Å². The van der Waals surface area contributed by atoms with Crippen molar-refractivity contribution >= 4 is 23.6 Å². The number of imide groups is 2. The molecule has 0 radical (unpaired) electrons. The van der Waals surface area contributed by atoms with Gasteiger partial charge in [0, 0.05) is 6.54 Å². The molecule has 2 aliphatic heterocycles. The minimum atomic E-state index is -0.623. The molecule has 0 unspecified atom stereocenters. The molecule has 1 N–H and O–H groups in total. The maximum atomic E-state index is 13.4. The number of halogens is 1. The number of benzene rings is 2. The van der Waals surface area contributed by atoms with Crippen molar-refractivity contribution in [1.29, 1.82) is 0 Å². The first-order valence-electron chi connectivity index (χ1n) is 10.2. The van der Waals surface area contributed by atoms with Crippen molar-refractivity contribution in [2.24, 2.45) is 11.8 Å². The molecule has 4 amide bonds. The average Bonchev–Trinajstić information content (AvgIpc) is 3.11. The Bertz CT molecular complexity index is 1080. The van der Waals surface area contributed by atoms with Crippen LogP contribution in [0, 0.1) is 17.7 Å². The molecule has 0 aliphatic carbocycles. The Morgan fingerprint density at radius 3 is 2.06 bits per heavy atom. The lowest BCUT2D eigenvalue weighted by Crippen LogP contribution is -2.33. The van der Waals surface area contributed by atoms with Gasteiger partial charge in [-0.15, -0.1) is 0 Å². The van der Waals surface area contributed by atoms with E-state index in [2.05, 4.69) is 19.2 Å². The van der Waals surface area contributed by atoms with Crippen LogP contribution in [0.5, 0.6) is 0 Å². The van der Waals surface area contributed by atoms with Crippen LogP contribution in [0.15, 0.2) is 36.4 Å². The van der Waals surface area contributed by atoms with E-state index in [9.17, 15) is 23.6 Å². The normalized spacial score (nSPS) is 14.6. The van der Waals surface area contributed by atoms with Crippen molar-refractivity contribution in [2.75, 3.05) is 6.54 Å². The van der Waals surface area contributed by atoms with Crippen LogP contribution in [0.3, 0.4) is 0 Å². The van der Waals surface area contributed by atoms with Gasteiger partial charge in [0.05, 0.1) is 22.3 Å². The van der Waals surface area contributed by atoms with E-state index < -0.39 is 17.6 Å². The highest BCUT2D eigenvalue weighted by Crippen LogP contribution is 2.26. The molecule has 2 heterocycles. The summed E-state index contributed by atoms with van der Waals surface area (Å²) in [6.45, 7) is 8.31. The van der Waals surface area contributed by atoms with Crippen molar-refractivity contribution in [2.45, 2.75) is 34.1 Å². The molecule has 0 atom stereocenters. The zero-order valence-electron chi connectivity index (χ0n) is 18.0. The fraction of sp³-hybridized carbons (Fsp3) is 0.333. The van der Waals surface area contributed by atoms with Gasteiger partial charge in [-0.05, 0) is 42.0 Å². The number of hydrogen-bond acceptors (Lipinski definition) is 4. The van der Waals surface area contributed by atoms with Gasteiger partial charge < -0.3 is 0 Å². The molecule has 0 saturated carbocycles. The van der Waals surface area contributed by atoms with Crippen LogP contribution >= 0.6 is 0 Å². The molecule has 2 aromatic rings. The fourth-order valence-electron chi connectivity index (χ4n) is 3.72. The summed E-state index contributed by atoms with van der Waals surface area (Å²) >= 11 is 0. The number of carbonyl (C=O) groups is 4. The summed E-state index contributed by atoms with van der Waals surface area (Å²) in [6.07, 6.45) is 0.823. The Labute approximate surface area is 180 Å². The molecule has 0 aromatic heterocycles. The Morgan fingerprint density at radius 1 is 0.806 bits per heavy atom. The highest BCUT2D eigenvalue weighted by atomic mass is 19.1. The smallest absolute Gasteiger partial charge is 0.264 e. The zero-order chi connectivity index (χ0) is 22.9. The van der Waals surface area contributed by atoms with Crippen LogP contribution < -0.4 is 5.32 Å². The zero-order valence-corrected chi connectivity index (χ0v) is 18.0. The summed E-state index contributed by atoms with van der Waals surface area (Å²) in [5.41, 5.74) is 2.12. The van der Waals surface area contributed by atoms with Gasteiger partial charge in [-0.1, -0.05) is 45.9 Å². The second kappa shape index (κ2) is 8.79. The molecule has 31 heavy (non-hydrogen) atoms. The quantitative estimate of drug-likeness (QED) is 0.756. The van der Waals surface area contributed by atoms with E-state index in [1.165, 1.54) is 18.2 Å². The second-order valence-corrected chi connectivity index (χ2v) is 8.50. The molecule has 0 saturated heterocycles. The molecular weight excluding hydrogens is 399 g/mol. The lowest BCUT2D eigenvalue weighted by molar-refractivity contribution is 0.0634. The van der Waals surface area contributed by atoms with Crippen molar-refractivity contribution in [1.82, 2.24) is 10.2 Å². The third-order valence-electron chi connectivity index (χ3n) is 4.97. The number of hydrogen-bond donors (Lipinski definition) is 1. The second-order valence-electron chi connectivity index (χ2n) is 8.50. The SMILES string of the molecule is CC(C)CN1C(=O)c2cccc(F)c2C1=O.CC(C)Cc1cccc2c1C(=O)NC2=O. The summed E-state index contributed by atoms with van der Waals surface area (Å²) in [6, 6.07) is 9.56. The maximum absolute atomic E-state index is 13.4. The molecule has 4 rings (SSSR count). The van der Waals surface area contributed by atoms with Crippen LogP contribution in [0.1, 0.15) is 74.7 Å². The molecule has 7 heteroatoms. The van der Waals surface area contributed by atoms with E-state index in [-0.39, 0.29) is 28.9 Å². The predicted octanol–water partition coefficient (Wildman–Crippen LogP) is 3.85. The minimum absolute atomic E-state index is 0.0897. The number of amides is 4. The van der Waals surface area contributed by atoms with Crippen molar-refractivity contribution in [3.05, 3.63) is 70.0 Å². The van der Waals surface area contributed by atoms with Gasteiger partial charge in [0.2, 0.25) is 0 Å². The van der Waals surface area contributed by atoms with Crippen molar-refractivity contribution < 1.29 is 23.6 Å². The fourth-order valence-corrected chi connectivity index (χ4v) is 3.72. The lowest BCUT2D eigenvalue weighted by atomic mass is 9.95. The van der Waals surface area contributed by atoms with E-state index in [1.54, 1.807) is 6.07 Å². The van der Waals surface area contributed by atoms with Gasteiger partial charge in [-0.25, -0.2) is 4.39 Å². The molecule has 2 aromatic carbocycles. The Morgan fingerprint density at radius 2 is 1.45 bits per heavy atom. The molecular formula is C24H25FN2O4. The third kappa shape index (κ3) is 4.40. The van der Waals surface area contributed by atoms with Gasteiger partial charge in [-0.2, -0.15) is 0 Å². The van der Waals surface area contributed by atoms with Crippen LogP contribution in [-0.4, -0.2) is 35.1 Å². The van der Waals surface area contributed by atoms with E-state index in [1.807, 2.05) is 26.0 Å². The summed E-state index contributed by atoms with van der Waals surface area (Å²) in [4.78, 5) is 47.7. The van der Waals surface area contributed by atoms with Crippen LogP contribution in [-0.2, 0) is 6.42 Å². The summed E-state index contributed by atoms with van der Waals surface area (Å²) in [5, 5.41) is 2.32. The largest absolute Gasteiger partial charge is 0.288 e. The Kier molecular flexibility index (Phi) is 6.34. The first-order chi connectivity index (χ1) is 14.6. The van der Waals surface area contributed by atoms with Gasteiger partial charge in [0.25, 0.3) is 23.6 Å². The molecule has 0 spiro atoms. The van der Waals surface area contributed by atoms with Crippen molar-refractivity contribution in [3.63, 3.8) is 0 Å². The Hall–Kier alpha value is -3.35. The third-order valence-corrected chi connectivity index (χ3v) is 4.97. The first kappa shape index (κ1) is 22.3.